The maximum absolute atomic E-state index is 11.9. The van der Waals surface area contributed by atoms with Crippen molar-refractivity contribution in [2.45, 2.75) is 129 Å². The Morgan fingerprint density at radius 2 is 1.26 bits per heavy atom. The Balaban J connectivity index is 1.77. The van der Waals surface area contributed by atoms with Gasteiger partial charge in [0.15, 0.2) is 0 Å². The molecule has 1 aromatic carbocycles. The fraction of sp³-hybridized carbons (Fsp3) is 0.625. The summed E-state index contributed by atoms with van der Waals surface area (Å²) in [7, 11) is 0. The molecular formula is C32H49NO2. The third-order valence-electron chi connectivity index (χ3n) is 7.15. The lowest BCUT2D eigenvalue weighted by Crippen LogP contribution is -2.11. The van der Waals surface area contributed by atoms with Crippen LogP contribution in [-0.4, -0.2) is 16.1 Å². The summed E-state index contributed by atoms with van der Waals surface area (Å²) >= 11 is 0. The van der Waals surface area contributed by atoms with Crippen molar-refractivity contribution in [2.24, 2.45) is 0 Å². The third-order valence-corrected chi connectivity index (χ3v) is 7.15. The fourth-order valence-corrected chi connectivity index (χ4v) is 4.83. The van der Waals surface area contributed by atoms with Gasteiger partial charge < -0.3 is 5.11 Å². The summed E-state index contributed by atoms with van der Waals surface area (Å²) in [6.07, 6.45) is 23.0. The number of carboxylic acid groups (broad SMARTS) is 1. The van der Waals surface area contributed by atoms with Gasteiger partial charge in [0, 0.05) is 11.8 Å². The molecule has 1 unspecified atom stereocenters. The molecule has 1 aromatic heterocycles. The average Bonchev–Trinajstić information content (AvgIpc) is 2.88. The molecule has 0 saturated carbocycles. The molecule has 2 rings (SSSR count). The predicted octanol–water partition coefficient (Wildman–Crippen LogP) is 9.74. The second-order valence-corrected chi connectivity index (χ2v) is 10.2. The number of carbonyl (C=O) groups is 1. The lowest BCUT2D eigenvalue weighted by Gasteiger charge is -2.13. The number of hydrogen-bond donors (Lipinski definition) is 1. The first kappa shape index (κ1) is 29.1. The van der Waals surface area contributed by atoms with E-state index in [0.717, 1.165) is 42.5 Å². The highest BCUT2D eigenvalue weighted by Gasteiger charge is 2.19. The van der Waals surface area contributed by atoms with Gasteiger partial charge in [-0.1, -0.05) is 134 Å². The minimum absolute atomic E-state index is 0.415. The van der Waals surface area contributed by atoms with Crippen LogP contribution < -0.4 is 0 Å². The van der Waals surface area contributed by atoms with Crippen LogP contribution in [-0.2, 0) is 11.2 Å². The zero-order chi connectivity index (χ0) is 25.1. The van der Waals surface area contributed by atoms with Crippen molar-refractivity contribution in [3.8, 4) is 11.3 Å². The number of benzene rings is 1. The molecule has 0 bridgehead atoms. The van der Waals surface area contributed by atoms with Crippen LogP contribution >= 0.6 is 0 Å². The summed E-state index contributed by atoms with van der Waals surface area (Å²) in [6, 6.07) is 12.3. The molecule has 1 N–H and O–H groups in total. The number of aryl methyl sites for hydroxylation is 1. The molecule has 1 atom stereocenters. The van der Waals surface area contributed by atoms with Crippen LogP contribution in [0.15, 0.2) is 42.6 Å². The van der Waals surface area contributed by atoms with Crippen LogP contribution in [0.2, 0.25) is 0 Å². The Kier molecular flexibility index (Phi) is 15.1. The van der Waals surface area contributed by atoms with Crippen LogP contribution in [0.5, 0.6) is 0 Å². The Hall–Kier alpha value is -2.16. The van der Waals surface area contributed by atoms with Crippen LogP contribution in [0.25, 0.3) is 11.3 Å². The van der Waals surface area contributed by atoms with Crippen LogP contribution in [0.3, 0.4) is 0 Å². The summed E-state index contributed by atoms with van der Waals surface area (Å²) < 4.78 is 0. The van der Waals surface area contributed by atoms with Gasteiger partial charge in [0.05, 0.1) is 11.6 Å². The van der Waals surface area contributed by atoms with Gasteiger partial charge >= 0.3 is 5.97 Å². The van der Waals surface area contributed by atoms with Gasteiger partial charge in [-0.3, -0.25) is 9.78 Å². The number of hydrogen-bond acceptors (Lipinski definition) is 2. The van der Waals surface area contributed by atoms with Crippen molar-refractivity contribution < 1.29 is 9.90 Å². The van der Waals surface area contributed by atoms with E-state index >= 15 is 0 Å². The molecule has 0 spiro atoms. The van der Waals surface area contributed by atoms with Gasteiger partial charge in [-0.25, -0.2) is 0 Å². The summed E-state index contributed by atoms with van der Waals surface area (Å²) in [6.45, 7) is 4.50. The van der Waals surface area contributed by atoms with E-state index in [4.69, 9.17) is 0 Å². The lowest BCUT2D eigenvalue weighted by atomic mass is 9.92. The molecule has 1 heterocycles. The number of nitrogens with zero attached hydrogens (tertiary/aromatic N) is 1. The molecule has 0 amide bonds. The molecule has 0 aliphatic carbocycles. The highest BCUT2D eigenvalue weighted by molar-refractivity contribution is 5.76. The van der Waals surface area contributed by atoms with E-state index in [0.29, 0.717) is 0 Å². The number of aromatic nitrogens is 1. The summed E-state index contributed by atoms with van der Waals surface area (Å²) in [4.78, 5) is 16.6. The number of unbranched alkanes of at least 4 members (excludes halogenated alkanes) is 13. The van der Waals surface area contributed by atoms with E-state index in [1.165, 1.54) is 89.0 Å². The molecule has 194 valence electrons. The largest absolute Gasteiger partial charge is 0.481 e. The smallest absolute Gasteiger partial charge is 0.310 e. The van der Waals surface area contributed by atoms with E-state index in [-0.39, 0.29) is 0 Å². The predicted molar refractivity (Wildman–Crippen MR) is 149 cm³/mol. The summed E-state index contributed by atoms with van der Waals surface area (Å²) in [5.41, 5.74) is 4.21. The highest BCUT2D eigenvalue weighted by Crippen LogP contribution is 2.26. The second-order valence-electron chi connectivity index (χ2n) is 10.2. The van der Waals surface area contributed by atoms with Crippen molar-refractivity contribution in [1.29, 1.82) is 0 Å². The van der Waals surface area contributed by atoms with Gasteiger partial charge in [0.2, 0.25) is 0 Å². The Bertz CT molecular complexity index is 797. The topological polar surface area (TPSA) is 50.2 Å². The van der Waals surface area contributed by atoms with Crippen LogP contribution in [0.1, 0.15) is 134 Å². The van der Waals surface area contributed by atoms with E-state index in [9.17, 15) is 9.90 Å². The summed E-state index contributed by atoms with van der Waals surface area (Å²) in [5, 5.41) is 9.77. The van der Waals surface area contributed by atoms with E-state index in [1.54, 1.807) is 0 Å². The number of aliphatic carboxylic acids is 1. The number of carboxylic acids is 1. The highest BCUT2D eigenvalue weighted by atomic mass is 16.4. The maximum Gasteiger partial charge on any atom is 0.310 e. The van der Waals surface area contributed by atoms with Gasteiger partial charge in [0.1, 0.15) is 0 Å². The zero-order valence-corrected chi connectivity index (χ0v) is 22.4. The van der Waals surface area contributed by atoms with Gasteiger partial charge in [-0.05, 0) is 36.5 Å². The first-order valence-corrected chi connectivity index (χ1v) is 14.4. The van der Waals surface area contributed by atoms with Gasteiger partial charge in [-0.15, -0.1) is 0 Å². The zero-order valence-electron chi connectivity index (χ0n) is 22.4. The number of pyridine rings is 1. The normalized spacial score (nSPS) is 12.1. The molecule has 0 aliphatic rings. The Morgan fingerprint density at radius 3 is 1.77 bits per heavy atom. The van der Waals surface area contributed by atoms with Gasteiger partial charge in [-0.2, -0.15) is 0 Å². The minimum atomic E-state index is -0.714. The third kappa shape index (κ3) is 11.9. The van der Waals surface area contributed by atoms with Crippen molar-refractivity contribution in [3.05, 3.63) is 53.7 Å². The van der Waals surface area contributed by atoms with E-state index in [2.05, 4.69) is 31.0 Å². The van der Waals surface area contributed by atoms with Crippen LogP contribution in [0.4, 0.5) is 0 Å². The standard InChI is InChI=1S/C32H49NO2/c1-3-5-7-9-11-13-15-17-19-30(32(34)35)28-21-23-29(24-22-28)31-25-20-27(26-33-31)18-16-14-12-10-8-6-4-2/h20-26,30H,3-19H2,1-2H3,(H,34,35). The Labute approximate surface area is 214 Å². The fourth-order valence-electron chi connectivity index (χ4n) is 4.83. The Morgan fingerprint density at radius 1 is 0.714 bits per heavy atom. The number of rotatable bonds is 20. The maximum atomic E-state index is 11.9. The first-order chi connectivity index (χ1) is 17.2. The SMILES string of the molecule is CCCCCCCCCCC(C(=O)O)c1ccc(-c2ccc(CCCCCCCCC)cn2)cc1. The molecular weight excluding hydrogens is 430 g/mol. The first-order valence-electron chi connectivity index (χ1n) is 14.4. The molecule has 3 heteroatoms. The molecule has 35 heavy (non-hydrogen) atoms. The molecule has 0 radical (unpaired) electrons. The molecule has 0 saturated heterocycles. The minimum Gasteiger partial charge on any atom is -0.481 e. The van der Waals surface area contributed by atoms with Crippen molar-refractivity contribution in [3.63, 3.8) is 0 Å². The molecule has 2 aromatic rings. The van der Waals surface area contributed by atoms with Gasteiger partial charge in [0.25, 0.3) is 0 Å². The second kappa shape index (κ2) is 18.2. The average molecular weight is 480 g/mol. The van der Waals surface area contributed by atoms with E-state index < -0.39 is 11.9 Å². The van der Waals surface area contributed by atoms with Crippen molar-refractivity contribution in [2.75, 3.05) is 0 Å². The quantitative estimate of drug-likeness (QED) is 0.192. The van der Waals surface area contributed by atoms with Crippen molar-refractivity contribution >= 4 is 5.97 Å². The van der Waals surface area contributed by atoms with E-state index in [1.807, 2.05) is 30.5 Å². The molecule has 0 fully saturated rings. The molecule has 0 aliphatic heterocycles. The summed E-state index contributed by atoms with van der Waals surface area (Å²) in [5.74, 6) is -1.13. The van der Waals surface area contributed by atoms with Crippen LogP contribution in [0, 0.1) is 0 Å². The monoisotopic (exact) mass is 479 g/mol. The van der Waals surface area contributed by atoms with Crippen molar-refractivity contribution in [1.82, 2.24) is 4.98 Å². The lowest BCUT2D eigenvalue weighted by molar-refractivity contribution is -0.139. The molecule has 3 nitrogen and oxygen atoms in total.